The minimum atomic E-state index is -4.36. The van der Waals surface area contributed by atoms with Gasteiger partial charge in [-0.25, -0.2) is 0 Å². The summed E-state index contributed by atoms with van der Waals surface area (Å²) in [4.78, 5) is 15.8. The normalized spacial score (nSPS) is 13.5. The molecular formula is C15H16ClF3N2O2. The number of ether oxygens (including phenoxy) is 1. The quantitative estimate of drug-likeness (QED) is 0.837. The molecule has 1 unspecified atom stereocenters. The van der Waals surface area contributed by atoms with Crippen LogP contribution in [0, 0.1) is 0 Å². The van der Waals surface area contributed by atoms with E-state index >= 15 is 0 Å². The number of rotatable bonds is 5. The number of nitrogens with one attached hydrogen (secondary N) is 1. The highest BCUT2D eigenvalue weighted by molar-refractivity contribution is 6.35. The molecule has 0 saturated heterocycles. The first-order valence-corrected chi connectivity index (χ1v) is 7.25. The number of hydrogen-bond acceptors (Lipinski definition) is 3. The molecule has 0 aliphatic carbocycles. The molecule has 1 N–H and O–H groups in total. The lowest BCUT2D eigenvalue weighted by molar-refractivity contribution is -0.162. The van der Waals surface area contributed by atoms with Crippen molar-refractivity contribution in [3.63, 3.8) is 0 Å². The summed E-state index contributed by atoms with van der Waals surface area (Å²) in [5.74, 6) is -0.721. The predicted molar refractivity (Wildman–Crippen MR) is 81.3 cm³/mol. The lowest BCUT2D eigenvalue weighted by Gasteiger charge is -2.23. The van der Waals surface area contributed by atoms with Gasteiger partial charge in [0.05, 0.1) is 12.2 Å². The zero-order valence-corrected chi connectivity index (χ0v) is 13.3. The first-order chi connectivity index (χ1) is 10.7. The molecule has 8 heteroatoms. The monoisotopic (exact) mass is 348 g/mol. The number of benzene rings is 1. The fourth-order valence-electron chi connectivity index (χ4n) is 2.12. The Bertz CT molecular complexity index is 700. The number of aromatic amines is 1. The molecule has 2 aromatic rings. The fraction of sp³-hybridized carbons (Fsp3) is 0.400. The lowest BCUT2D eigenvalue weighted by Crippen LogP contribution is -2.42. The molecule has 2 rings (SSSR count). The van der Waals surface area contributed by atoms with Crippen molar-refractivity contribution in [1.29, 1.82) is 0 Å². The predicted octanol–water partition coefficient (Wildman–Crippen LogP) is 3.75. The third-order valence-electron chi connectivity index (χ3n) is 3.47. The van der Waals surface area contributed by atoms with Crippen LogP contribution < -0.4 is 0 Å². The molecule has 0 aliphatic heterocycles. The number of hydrogen-bond donors (Lipinski definition) is 1. The van der Waals surface area contributed by atoms with E-state index in [0.29, 0.717) is 10.7 Å². The van der Waals surface area contributed by atoms with Gasteiger partial charge in [-0.15, -0.1) is 0 Å². The van der Waals surface area contributed by atoms with E-state index in [-0.39, 0.29) is 6.61 Å². The van der Waals surface area contributed by atoms with E-state index in [9.17, 15) is 18.0 Å². The van der Waals surface area contributed by atoms with Crippen molar-refractivity contribution in [2.75, 3.05) is 13.6 Å². The summed E-state index contributed by atoms with van der Waals surface area (Å²) >= 11 is 6.05. The van der Waals surface area contributed by atoms with Gasteiger partial charge < -0.3 is 9.72 Å². The van der Waals surface area contributed by atoms with Gasteiger partial charge in [0.25, 0.3) is 0 Å². The summed E-state index contributed by atoms with van der Waals surface area (Å²) in [5, 5.41) is 1.36. The summed E-state index contributed by atoms with van der Waals surface area (Å²) in [6.45, 7) is 0.134. The van der Waals surface area contributed by atoms with Crippen molar-refractivity contribution in [2.24, 2.45) is 0 Å². The Balaban J connectivity index is 1.96. The Morgan fingerprint density at radius 3 is 2.74 bits per heavy atom. The summed E-state index contributed by atoms with van der Waals surface area (Å²) in [5.41, 5.74) is 1.41. The number of esters is 1. The standard InChI is InChI=1S/C15H16ClF3N2O2/c1-9(21(2)8-15(17,18)19)14(22)23-7-10-6-11-12(16)4-3-5-13(11)20-10/h3-6,9,20H,7-8H2,1-2H3. The van der Waals surface area contributed by atoms with Gasteiger partial charge in [0.1, 0.15) is 12.6 Å². The van der Waals surface area contributed by atoms with Crippen LogP contribution in [0.4, 0.5) is 13.2 Å². The number of aromatic nitrogens is 1. The molecule has 0 fully saturated rings. The zero-order valence-electron chi connectivity index (χ0n) is 12.6. The van der Waals surface area contributed by atoms with Crippen LogP contribution in [0.25, 0.3) is 10.9 Å². The maximum atomic E-state index is 12.3. The summed E-state index contributed by atoms with van der Waals surface area (Å²) in [6, 6.07) is 6.10. The van der Waals surface area contributed by atoms with Crippen molar-refractivity contribution < 1.29 is 22.7 Å². The molecule has 4 nitrogen and oxygen atoms in total. The van der Waals surface area contributed by atoms with E-state index in [2.05, 4.69) is 4.98 Å². The third-order valence-corrected chi connectivity index (χ3v) is 3.80. The third kappa shape index (κ3) is 4.62. The Hall–Kier alpha value is -1.73. The van der Waals surface area contributed by atoms with E-state index < -0.39 is 24.7 Å². The van der Waals surface area contributed by atoms with Gasteiger partial charge in [-0.2, -0.15) is 13.2 Å². The first kappa shape index (κ1) is 17.6. The Kier molecular flexibility index (Phi) is 5.21. The van der Waals surface area contributed by atoms with E-state index in [4.69, 9.17) is 16.3 Å². The molecular weight excluding hydrogens is 333 g/mol. The maximum absolute atomic E-state index is 12.3. The number of nitrogens with zero attached hydrogens (tertiary/aromatic N) is 1. The molecule has 0 spiro atoms. The van der Waals surface area contributed by atoms with Crippen LogP contribution in [0.5, 0.6) is 0 Å². The molecule has 126 valence electrons. The van der Waals surface area contributed by atoms with Crippen molar-refractivity contribution >= 4 is 28.5 Å². The summed E-state index contributed by atoms with van der Waals surface area (Å²) in [6.07, 6.45) is -4.36. The highest BCUT2D eigenvalue weighted by Gasteiger charge is 2.33. The smallest absolute Gasteiger partial charge is 0.401 e. The van der Waals surface area contributed by atoms with Gasteiger partial charge in [0.15, 0.2) is 0 Å². The Morgan fingerprint density at radius 1 is 1.43 bits per heavy atom. The Labute approximate surface area is 136 Å². The second-order valence-corrected chi connectivity index (χ2v) is 5.72. The van der Waals surface area contributed by atoms with Gasteiger partial charge in [-0.1, -0.05) is 17.7 Å². The molecule has 1 heterocycles. The average Bonchev–Trinajstić information content (AvgIpc) is 2.86. The van der Waals surface area contributed by atoms with Crippen molar-refractivity contribution in [3.8, 4) is 0 Å². The molecule has 0 radical (unpaired) electrons. The lowest BCUT2D eigenvalue weighted by atomic mass is 10.2. The van der Waals surface area contributed by atoms with Crippen molar-refractivity contribution in [3.05, 3.63) is 35.0 Å². The molecule has 0 saturated carbocycles. The van der Waals surface area contributed by atoms with Crippen LogP contribution in [0.15, 0.2) is 24.3 Å². The fourth-order valence-corrected chi connectivity index (χ4v) is 2.35. The van der Waals surface area contributed by atoms with Gasteiger partial charge in [-0.3, -0.25) is 9.69 Å². The number of fused-ring (bicyclic) bond motifs is 1. The van der Waals surface area contributed by atoms with Crippen LogP contribution in [0.1, 0.15) is 12.6 Å². The topological polar surface area (TPSA) is 45.3 Å². The number of H-pyrrole nitrogens is 1. The highest BCUT2D eigenvalue weighted by atomic mass is 35.5. The van der Waals surface area contributed by atoms with Crippen molar-refractivity contribution in [1.82, 2.24) is 9.88 Å². The molecule has 1 atom stereocenters. The van der Waals surface area contributed by atoms with E-state index in [1.165, 1.54) is 14.0 Å². The molecule has 1 aromatic carbocycles. The minimum absolute atomic E-state index is 0.0615. The SMILES string of the molecule is CC(C(=O)OCc1cc2c(Cl)cccc2[nH]1)N(C)CC(F)(F)F. The van der Waals surface area contributed by atoms with Gasteiger partial charge in [0, 0.05) is 15.9 Å². The van der Waals surface area contributed by atoms with Crippen molar-refractivity contribution in [2.45, 2.75) is 25.7 Å². The summed E-state index contributed by atoms with van der Waals surface area (Å²) in [7, 11) is 1.22. The average molecular weight is 349 g/mol. The molecule has 0 bridgehead atoms. The number of alkyl halides is 3. The van der Waals surface area contributed by atoms with Crippen LogP contribution in [0.3, 0.4) is 0 Å². The number of carbonyl (C=O) groups is 1. The highest BCUT2D eigenvalue weighted by Crippen LogP contribution is 2.24. The van der Waals surface area contributed by atoms with E-state index in [1.807, 2.05) is 6.07 Å². The first-order valence-electron chi connectivity index (χ1n) is 6.87. The minimum Gasteiger partial charge on any atom is -0.458 e. The van der Waals surface area contributed by atoms with Crippen LogP contribution in [-0.2, 0) is 16.1 Å². The number of halogens is 4. The zero-order chi connectivity index (χ0) is 17.2. The number of carbonyl (C=O) groups excluding carboxylic acids is 1. The van der Waals surface area contributed by atoms with Gasteiger partial charge in [-0.05, 0) is 32.2 Å². The number of likely N-dealkylation sites (N-methyl/N-ethyl adjacent to an activating group) is 1. The largest absolute Gasteiger partial charge is 0.458 e. The summed E-state index contributed by atoms with van der Waals surface area (Å²) < 4.78 is 42.0. The van der Waals surface area contributed by atoms with Crippen LogP contribution in [0.2, 0.25) is 5.02 Å². The van der Waals surface area contributed by atoms with Crippen LogP contribution >= 0.6 is 11.6 Å². The molecule has 1 aromatic heterocycles. The molecule has 0 aliphatic rings. The van der Waals surface area contributed by atoms with E-state index in [0.717, 1.165) is 15.8 Å². The second kappa shape index (κ2) is 6.80. The van der Waals surface area contributed by atoms with Crippen LogP contribution in [-0.4, -0.2) is 41.7 Å². The van der Waals surface area contributed by atoms with Gasteiger partial charge >= 0.3 is 12.1 Å². The molecule has 0 amide bonds. The molecule has 23 heavy (non-hydrogen) atoms. The maximum Gasteiger partial charge on any atom is 0.401 e. The second-order valence-electron chi connectivity index (χ2n) is 5.31. The van der Waals surface area contributed by atoms with E-state index in [1.54, 1.807) is 18.2 Å². The Morgan fingerprint density at radius 2 is 2.13 bits per heavy atom. The van der Waals surface area contributed by atoms with Gasteiger partial charge in [0.2, 0.25) is 0 Å².